The van der Waals surface area contributed by atoms with Crippen LogP contribution in [0.1, 0.15) is 32.4 Å². The molecular formula is C22H26ClN3O3S. The summed E-state index contributed by atoms with van der Waals surface area (Å²) in [5.74, 6) is 0.179. The van der Waals surface area contributed by atoms with Crippen molar-refractivity contribution >= 4 is 43.9 Å². The molecule has 0 saturated carbocycles. The van der Waals surface area contributed by atoms with E-state index >= 15 is 0 Å². The minimum absolute atomic E-state index is 0.179. The third-order valence-electron chi connectivity index (χ3n) is 4.77. The van der Waals surface area contributed by atoms with Crippen LogP contribution in [0.4, 0.5) is 11.4 Å². The molecule has 1 aromatic heterocycles. The van der Waals surface area contributed by atoms with Crippen molar-refractivity contribution in [2.24, 2.45) is 5.92 Å². The first-order valence-corrected chi connectivity index (χ1v) is 11.9. The summed E-state index contributed by atoms with van der Waals surface area (Å²) in [6.45, 7) is 6.22. The van der Waals surface area contributed by atoms with Crippen LogP contribution in [0, 0.1) is 5.92 Å². The highest BCUT2D eigenvalue weighted by Crippen LogP contribution is 2.27. The Kier molecular flexibility index (Phi) is 6.43. The van der Waals surface area contributed by atoms with E-state index in [0.717, 1.165) is 11.1 Å². The van der Waals surface area contributed by atoms with Crippen molar-refractivity contribution in [2.45, 2.75) is 26.8 Å². The van der Waals surface area contributed by atoms with Crippen molar-refractivity contribution in [3.8, 4) is 0 Å². The second kappa shape index (κ2) is 8.70. The van der Waals surface area contributed by atoms with E-state index in [2.05, 4.69) is 10.3 Å². The molecule has 3 rings (SSSR count). The number of anilines is 2. The maximum absolute atomic E-state index is 12.6. The molecule has 160 valence electrons. The van der Waals surface area contributed by atoms with Gasteiger partial charge in [-0.05, 0) is 43.2 Å². The van der Waals surface area contributed by atoms with Gasteiger partial charge in [-0.1, -0.05) is 43.6 Å². The number of nitrogens with one attached hydrogen (secondary N) is 2. The topological polar surface area (TPSA) is 82.3 Å². The molecule has 1 atom stereocenters. The summed E-state index contributed by atoms with van der Waals surface area (Å²) in [6.07, 6.45) is 1.21. The number of fused-ring (bicyclic) bond motifs is 1. The fourth-order valence-corrected chi connectivity index (χ4v) is 4.67. The van der Waals surface area contributed by atoms with Gasteiger partial charge in [0.15, 0.2) is 0 Å². The number of benzene rings is 2. The molecule has 0 amide bonds. The lowest BCUT2D eigenvalue weighted by atomic mass is 10.1. The molecule has 6 nitrogen and oxygen atoms in total. The zero-order valence-corrected chi connectivity index (χ0v) is 19.0. The highest BCUT2D eigenvalue weighted by molar-refractivity contribution is 7.92. The number of para-hydroxylation sites is 1. The largest absolute Gasteiger partial charge is 0.378 e. The van der Waals surface area contributed by atoms with E-state index in [4.69, 9.17) is 11.6 Å². The molecule has 30 heavy (non-hydrogen) atoms. The first kappa shape index (κ1) is 22.2. The Morgan fingerprint density at radius 3 is 2.47 bits per heavy atom. The van der Waals surface area contributed by atoms with Gasteiger partial charge in [0.2, 0.25) is 10.0 Å². The Bertz CT molecular complexity index is 1220. The van der Waals surface area contributed by atoms with Crippen LogP contribution < -0.4 is 15.2 Å². The van der Waals surface area contributed by atoms with E-state index in [1.807, 2.05) is 45.0 Å². The van der Waals surface area contributed by atoms with E-state index in [1.165, 1.54) is 10.6 Å². The summed E-state index contributed by atoms with van der Waals surface area (Å²) >= 11 is 6.17. The normalized spacial score (nSPS) is 12.9. The Hall–Kier alpha value is -2.51. The van der Waals surface area contributed by atoms with Crippen LogP contribution >= 0.6 is 11.6 Å². The molecule has 0 spiro atoms. The predicted octanol–water partition coefficient (Wildman–Crippen LogP) is 4.78. The first-order valence-electron chi connectivity index (χ1n) is 9.72. The Balaban J connectivity index is 1.92. The van der Waals surface area contributed by atoms with E-state index in [9.17, 15) is 13.2 Å². The molecule has 0 saturated heterocycles. The van der Waals surface area contributed by atoms with Crippen molar-refractivity contribution in [3.05, 3.63) is 69.5 Å². The standard InChI is InChI=1S/C22H26ClN3O3S/c1-14(2)13-26(30(4,28)29)18-9-6-8-17(12-18)24-15(3)19-11-16-7-5-10-20(23)21(16)25-22(19)27/h5-12,14-15,24H,13H2,1-4H3,(H,25,27)/t15-/m0/s1. The Morgan fingerprint density at radius 1 is 1.10 bits per heavy atom. The molecular weight excluding hydrogens is 422 g/mol. The van der Waals surface area contributed by atoms with Crippen molar-refractivity contribution in [1.82, 2.24) is 4.98 Å². The monoisotopic (exact) mass is 447 g/mol. The molecule has 0 aliphatic carbocycles. The third kappa shape index (κ3) is 4.96. The maximum Gasteiger partial charge on any atom is 0.253 e. The summed E-state index contributed by atoms with van der Waals surface area (Å²) in [7, 11) is -3.41. The van der Waals surface area contributed by atoms with Crippen LogP contribution in [0.3, 0.4) is 0 Å². The number of nitrogens with zero attached hydrogens (tertiary/aromatic N) is 1. The molecule has 0 unspecified atom stereocenters. The van der Waals surface area contributed by atoms with Gasteiger partial charge in [0, 0.05) is 23.2 Å². The smallest absolute Gasteiger partial charge is 0.253 e. The van der Waals surface area contributed by atoms with Gasteiger partial charge in [0.1, 0.15) is 0 Å². The van der Waals surface area contributed by atoms with Crippen LogP contribution in [0.15, 0.2) is 53.3 Å². The number of sulfonamides is 1. The van der Waals surface area contributed by atoms with Gasteiger partial charge in [-0.3, -0.25) is 9.10 Å². The molecule has 0 bridgehead atoms. The predicted molar refractivity (Wildman–Crippen MR) is 125 cm³/mol. The van der Waals surface area contributed by atoms with E-state index in [0.29, 0.717) is 28.3 Å². The van der Waals surface area contributed by atoms with Crippen molar-refractivity contribution in [3.63, 3.8) is 0 Å². The molecule has 0 aliphatic heterocycles. The van der Waals surface area contributed by atoms with Gasteiger partial charge >= 0.3 is 0 Å². The number of H-pyrrole nitrogens is 1. The van der Waals surface area contributed by atoms with Gasteiger partial charge in [-0.15, -0.1) is 0 Å². The highest BCUT2D eigenvalue weighted by atomic mass is 35.5. The quantitative estimate of drug-likeness (QED) is 0.546. The van der Waals surface area contributed by atoms with E-state index < -0.39 is 10.0 Å². The number of rotatable bonds is 7. The fourth-order valence-electron chi connectivity index (χ4n) is 3.38. The second-order valence-corrected chi connectivity index (χ2v) is 10.2. The number of aromatic amines is 1. The maximum atomic E-state index is 12.6. The number of hydrogen-bond acceptors (Lipinski definition) is 4. The lowest BCUT2D eigenvalue weighted by Crippen LogP contribution is -2.33. The summed E-state index contributed by atoms with van der Waals surface area (Å²) in [4.78, 5) is 15.5. The molecule has 0 radical (unpaired) electrons. The Labute approximate surface area is 181 Å². The van der Waals surface area contributed by atoms with Crippen molar-refractivity contribution in [2.75, 3.05) is 22.4 Å². The average Bonchev–Trinajstić information content (AvgIpc) is 2.65. The minimum Gasteiger partial charge on any atom is -0.378 e. The van der Waals surface area contributed by atoms with E-state index in [1.54, 1.807) is 24.3 Å². The summed E-state index contributed by atoms with van der Waals surface area (Å²) < 4.78 is 25.9. The Morgan fingerprint density at radius 2 is 1.80 bits per heavy atom. The lowest BCUT2D eigenvalue weighted by Gasteiger charge is -2.25. The van der Waals surface area contributed by atoms with Crippen molar-refractivity contribution in [1.29, 1.82) is 0 Å². The first-order chi connectivity index (χ1) is 14.1. The van der Waals surface area contributed by atoms with Gasteiger partial charge in [0.05, 0.1) is 28.5 Å². The average molecular weight is 448 g/mol. The zero-order chi connectivity index (χ0) is 22.1. The molecule has 1 heterocycles. The number of aromatic nitrogens is 1. The lowest BCUT2D eigenvalue weighted by molar-refractivity contribution is 0.583. The van der Waals surface area contributed by atoms with Crippen molar-refractivity contribution < 1.29 is 8.42 Å². The summed E-state index contributed by atoms with van der Waals surface area (Å²) in [5.41, 5.74) is 2.27. The van der Waals surface area contributed by atoms with Crippen LogP contribution in [0.2, 0.25) is 5.02 Å². The number of hydrogen-bond donors (Lipinski definition) is 2. The van der Waals surface area contributed by atoms with Gasteiger partial charge < -0.3 is 10.3 Å². The highest BCUT2D eigenvalue weighted by Gasteiger charge is 2.19. The van der Waals surface area contributed by atoms with Gasteiger partial charge in [-0.25, -0.2) is 8.42 Å². The van der Waals surface area contributed by atoms with E-state index in [-0.39, 0.29) is 17.5 Å². The molecule has 2 N–H and O–H groups in total. The second-order valence-electron chi connectivity index (χ2n) is 7.86. The number of halogens is 1. The zero-order valence-electron chi connectivity index (χ0n) is 17.4. The molecule has 0 fully saturated rings. The minimum atomic E-state index is -3.41. The van der Waals surface area contributed by atoms with Crippen LogP contribution in [0.25, 0.3) is 10.9 Å². The van der Waals surface area contributed by atoms with Gasteiger partial charge in [0.25, 0.3) is 5.56 Å². The van der Waals surface area contributed by atoms with Gasteiger partial charge in [-0.2, -0.15) is 0 Å². The molecule has 8 heteroatoms. The third-order valence-corrected chi connectivity index (χ3v) is 6.25. The van der Waals surface area contributed by atoms with Crippen LogP contribution in [-0.2, 0) is 10.0 Å². The number of pyridine rings is 1. The fraction of sp³-hybridized carbons (Fsp3) is 0.318. The van der Waals surface area contributed by atoms with Crippen LogP contribution in [0.5, 0.6) is 0 Å². The molecule has 3 aromatic rings. The molecule has 2 aromatic carbocycles. The summed E-state index contributed by atoms with van der Waals surface area (Å²) in [5, 5.41) is 4.65. The summed E-state index contributed by atoms with van der Waals surface area (Å²) in [6, 6.07) is 14.2. The molecule has 0 aliphatic rings. The van der Waals surface area contributed by atoms with Crippen LogP contribution in [-0.4, -0.2) is 26.2 Å². The SMILES string of the molecule is CC(C)CN(c1cccc(N[C@@H](C)c2cc3cccc(Cl)c3[nH]c2=O)c1)S(C)(=O)=O.